The molecule has 0 bridgehead atoms. The van der Waals surface area contributed by atoms with Crippen molar-refractivity contribution in [2.24, 2.45) is 0 Å². The number of nitrogens with one attached hydrogen (secondary N) is 1. The molecule has 0 unspecified atom stereocenters. The van der Waals surface area contributed by atoms with Crippen LogP contribution in [0.15, 0.2) is 60.9 Å². The van der Waals surface area contributed by atoms with Gasteiger partial charge in [0.2, 0.25) is 0 Å². The number of hydrogen-bond acceptors (Lipinski definition) is 4. The lowest BCUT2D eigenvalue weighted by molar-refractivity contribution is -0.383. The molecule has 0 saturated heterocycles. The number of rotatable bonds is 3. The first kappa shape index (κ1) is 13.7. The van der Waals surface area contributed by atoms with E-state index in [0.717, 1.165) is 0 Å². The van der Waals surface area contributed by atoms with Crippen LogP contribution < -0.4 is 5.32 Å². The highest BCUT2D eigenvalue weighted by Crippen LogP contribution is 2.28. The zero-order chi connectivity index (χ0) is 15.5. The van der Waals surface area contributed by atoms with E-state index >= 15 is 0 Å². The summed E-state index contributed by atoms with van der Waals surface area (Å²) in [5, 5.41) is 14.8. The number of aromatic nitrogens is 1. The molecular weight excluding hydrogens is 282 g/mol. The lowest BCUT2D eigenvalue weighted by Gasteiger charge is -2.08. The minimum absolute atomic E-state index is 0.0199. The molecule has 3 rings (SSSR count). The molecule has 1 N–H and O–H groups in total. The third-order valence-corrected chi connectivity index (χ3v) is 3.26. The molecule has 22 heavy (non-hydrogen) atoms. The van der Waals surface area contributed by atoms with Crippen LogP contribution in [0.5, 0.6) is 0 Å². The van der Waals surface area contributed by atoms with Crippen LogP contribution in [0.25, 0.3) is 10.8 Å². The molecule has 0 fully saturated rings. The van der Waals surface area contributed by atoms with Gasteiger partial charge >= 0.3 is 0 Å². The van der Waals surface area contributed by atoms with Gasteiger partial charge in [-0.15, -0.1) is 0 Å². The minimum Gasteiger partial charge on any atom is -0.321 e. The first-order valence-electron chi connectivity index (χ1n) is 6.54. The lowest BCUT2D eigenvalue weighted by Crippen LogP contribution is -2.12. The highest BCUT2D eigenvalue weighted by Gasteiger charge is 2.17. The lowest BCUT2D eigenvalue weighted by atomic mass is 10.0. The van der Waals surface area contributed by atoms with Crippen molar-refractivity contribution < 1.29 is 9.72 Å². The number of pyridine rings is 1. The van der Waals surface area contributed by atoms with E-state index in [1.807, 2.05) is 0 Å². The Morgan fingerprint density at radius 2 is 1.82 bits per heavy atom. The molecule has 1 aromatic heterocycles. The first-order chi connectivity index (χ1) is 10.7. The summed E-state index contributed by atoms with van der Waals surface area (Å²) >= 11 is 0. The summed E-state index contributed by atoms with van der Waals surface area (Å²) < 4.78 is 0. The molecule has 3 aromatic rings. The molecule has 1 amide bonds. The number of carbonyl (C=O) groups is 1. The molecule has 0 aliphatic rings. The van der Waals surface area contributed by atoms with Crippen molar-refractivity contribution >= 4 is 28.1 Å². The highest BCUT2D eigenvalue weighted by atomic mass is 16.6. The normalized spacial score (nSPS) is 10.4. The summed E-state index contributed by atoms with van der Waals surface area (Å²) in [6.07, 6.45) is 3.14. The second-order valence-electron chi connectivity index (χ2n) is 4.63. The van der Waals surface area contributed by atoms with Crippen LogP contribution in [0, 0.1) is 10.1 Å². The first-order valence-corrected chi connectivity index (χ1v) is 6.54. The van der Waals surface area contributed by atoms with Gasteiger partial charge in [-0.1, -0.05) is 18.2 Å². The van der Waals surface area contributed by atoms with Crippen LogP contribution in [-0.4, -0.2) is 15.8 Å². The maximum atomic E-state index is 12.4. The summed E-state index contributed by atoms with van der Waals surface area (Å²) in [6, 6.07) is 13.0. The van der Waals surface area contributed by atoms with Crippen molar-refractivity contribution in [3.05, 3.63) is 76.6 Å². The Morgan fingerprint density at radius 3 is 2.50 bits per heavy atom. The van der Waals surface area contributed by atoms with Crippen molar-refractivity contribution in [1.82, 2.24) is 4.98 Å². The molecule has 0 spiro atoms. The van der Waals surface area contributed by atoms with Crippen LogP contribution in [0.4, 0.5) is 11.4 Å². The third-order valence-electron chi connectivity index (χ3n) is 3.26. The molecule has 0 aliphatic heterocycles. The fourth-order valence-corrected chi connectivity index (χ4v) is 2.28. The van der Waals surface area contributed by atoms with Crippen molar-refractivity contribution in [2.75, 3.05) is 5.32 Å². The van der Waals surface area contributed by atoms with Gasteiger partial charge in [0.05, 0.1) is 22.2 Å². The predicted octanol–water partition coefficient (Wildman–Crippen LogP) is 3.40. The minimum atomic E-state index is -0.453. The van der Waals surface area contributed by atoms with Crippen LogP contribution in [-0.2, 0) is 0 Å². The van der Waals surface area contributed by atoms with E-state index in [1.165, 1.54) is 18.3 Å². The third kappa shape index (κ3) is 2.49. The van der Waals surface area contributed by atoms with Gasteiger partial charge < -0.3 is 5.32 Å². The molecule has 0 aliphatic carbocycles. The number of non-ortho nitro benzene ring substituents is 1. The smallest absolute Gasteiger partial charge is 0.277 e. The number of nitro groups is 1. The van der Waals surface area contributed by atoms with Crippen molar-refractivity contribution in [3.63, 3.8) is 0 Å². The number of anilines is 1. The topological polar surface area (TPSA) is 85.1 Å². The number of fused-ring (bicyclic) bond motifs is 1. The van der Waals surface area contributed by atoms with E-state index in [0.29, 0.717) is 22.0 Å². The second-order valence-corrected chi connectivity index (χ2v) is 4.63. The number of nitro benzene ring substituents is 1. The van der Waals surface area contributed by atoms with Gasteiger partial charge in [0.25, 0.3) is 11.6 Å². The predicted molar refractivity (Wildman–Crippen MR) is 82.8 cm³/mol. The molecule has 1 heterocycles. The quantitative estimate of drug-likeness (QED) is 0.592. The van der Waals surface area contributed by atoms with Gasteiger partial charge in [-0.25, -0.2) is 0 Å². The number of hydrogen-bond donors (Lipinski definition) is 1. The van der Waals surface area contributed by atoms with Gasteiger partial charge in [0.15, 0.2) is 0 Å². The molecule has 108 valence electrons. The SMILES string of the molecule is O=C(Nc1cccnc1)c1ccc([N+](=O)[O-])c2ccccc12. The van der Waals surface area contributed by atoms with Gasteiger partial charge in [0.1, 0.15) is 0 Å². The van der Waals surface area contributed by atoms with Crippen LogP contribution in [0.2, 0.25) is 0 Å². The summed E-state index contributed by atoms with van der Waals surface area (Å²) in [5.74, 6) is -0.334. The Morgan fingerprint density at radius 1 is 1.05 bits per heavy atom. The zero-order valence-corrected chi connectivity index (χ0v) is 11.4. The number of benzene rings is 2. The fraction of sp³-hybridized carbons (Fsp3) is 0. The molecule has 2 aromatic carbocycles. The monoisotopic (exact) mass is 293 g/mol. The Labute approximate surface area is 125 Å². The Bertz CT molecular complexity index is 863. The fourth-order valence-electron chi connectivity index (χ4n) is 2.28. The van der Waals surface area contributed by atoms with Gasteiger partial charge in [-0.05, 0) is 24.3 Å². The Kier molecular flexibility index (Phi) is 3.49. The zero-order valence-electron chi connectivity index (χ0n) is 11.4. The standard InChI is InChI=1S/C16H11N3O3/c20-16(18-11-4-3-9-17-10-11)14-7-8-15(19(21)22)13-6-2-1-5-12(13)14/h1-10H,(H,18,20). The molecule has 6 heteroatoms. The highest BCUT2D eigenvalue weighted by molar-refractivity contribution is 6.14. The summed E-state index contributed by atoms with van der Waals surface area (Å²) in [4.78, 5) is 27.0. The maximum Gasteiger partial charge on any atom is 0.277 e. The second kappa shape index (κ2) is 5.61. The van der Waals surface area contributed by atoms with E-state index in [1.54, 1.807) is 42.6 Å². The summed E-state index contributed by atoms with van der Waals surface area (Å²) in [7, 11) is 0. The molecule has 0 saturated carbocycles. The van der Waals surface area contributed by atoms with Crippen molar-refractivity contribution in [2.45, 2.75) is 0 Å². The number of carbonyl (C=O) groups excluding carboxylic acids is 1. The number of amides is 1. The molecule has 0 atom stereocenters. The largest absolute Gasteiger partial charge is 0.321 e. The van der Waals surface area contributed by atoms with E-state index in [2.05, 4.69) is 10.3 Å². The van der Waals surface area contributed by atoms with Crippen LogP contribution >= 0.6 is 0 Å². The van der Waals surface area contributed by atoms with Crippen molar-refractivity contribution in [1.29, 1.82) is 0 Å². The van der Waals surface area contributed by atoms with Gasteiger partial charge in [0, 0.05) is 23.2 Å². The summed E-state index contributed by atoms with van der Waals surface area (Å²) in [5.41, 5.74) is 0.925. The van der Waals surface area contributed by atoms with E-state index < -0.39 is 4.92 Å². The van der Waals surface area contributed by atoms with Gasteiger partial charge in [-0.3, -0.25) is 19.9 Å². The molecular formula is C16H11N3O3. The average Bonchev–Trinajstić information content (AvgIpc) is 2.54. The Hall–Kier alpha value is -3.28. The number of nitrogens with zero attached hydrogens (tertiary/aromatic N) is 2. The van der Waals surface area contributed by atoms with Gasteiger partial charge in [-0.2, -0.15) is 0 Å². The van der Waals surface area contributed by atoms with E-state index in [4.69, 9.17) is 0 Å². The van der Waals surface area contributed by atoms with E-state index in [9.17, 15) is 14.9 Å². The molecule has 6 nitrogen and oxygen atoms in total. The maximum absolute atomic E-state index is 12.4. The average molecular weight is 293 g/mol. The molecule has 0 radical (unpaired) electrons. The summed E-state index contributed by atoms with van der Waals surface area (Å²) in [6.45, 7) is 0. The Balaban J connectivity index is 2.06. The van der Waals surface area contributed by atoms with Crippen molar-refractivity contribution in [3.8, 4) is 0 Å². The van der Waals surface area contributed by atoms with Crippen LogP contribution in [0.3, 0.4) is 0 Å². The van der Waals surface area contributed by atoms with Crippen LogP contribution in [0.1, 0.15) is 10.4 Å². The van der Waals surface area contributed by atoms with E-state index in [-0.39, 0.29) is 11.6 Å².